The van der Waals surface area contributed by atoms with Crippen LogP contribution >= 0.6 is 0 Å². The molecule has 0 aliphatic carbocycles. The van der Waals surface area contributed by atoms with Crippen LogP contribution < -0.4 is 5.46 Å². The van der Waals surface area contributed by atoms with Crippen molar-refractivity contribution in [2.75, 3.05) is 0 Å². The molecule has 0 aromatic heterocycles. The Morgan fingerprint density at radius 2 is 1.79 bits per heavy atom. The minimum absolute atomic E-state index is 0.290. The monoisotopic (exact) mass is 202 g/mol. The lowest BCUT2D eigenvalue weighted by Crippen LogP contribution is -2.33. The van der Waals surface area contributed by atoms with Crippen molar-refractivity contribution in [3.8, 4) is 0 Å². The maximum atomic E-state index is 12.8. The van der Waals surface area contributed by atoms with Gasteiger partial charge in [-0.15, -0.1) is 0 Å². The highest BCUT2D eigenvalue weighted by molar-refractivity contribution is 6.58. The Bertz CT molecular complexity index is 380. The van der Waals surface area contributed by atoms with Gasteiger partial charge in [0.05, 0.1) is 5.56 Å². The summed E-state index contributed by atoms with van der Waals surface area (Å²) in [7, 11) is -2.17. The SMILES string of the molecule is O=C(O)c1cc(B(O)O)c(F)cc1F. The zero-order valence-electron chi connectivity index (χ0n) is 6.74. The van der Waals surface area contributed by atoms with E-state index in [1.165, 1.54) is 0 Å². The largest absolute Gasteiger partial charge is 0.491 e. The van der Waals surface area contributed by atoms with Crippen LogP contribution in [-0.2, 0) is 0 Å². The minimum Gasteiger partial charge on any atom is -0.478 e. The number of carbonyl (C=O) groups is 1. The van der Waals surface area contributed by atoms with Crippen molar-refractivity contribution < 1.29 is 28.7 Å². The van der Waals surface area contributed by atoms with E-state index in [-0.39, 0.29) is 6.07 Å². The number of halogens is 2. The topological polar surface area (TPSA) is 77.8 Å². The summed E-state index contributed by atoms with van der Waals surface area (Å²) >= 11 is 0. The Morgan fingerprint density at radius 1 is 1.21 bits per heavy atom. The second-order valence-electron chi connectivity index (χ2n) is 2.53. The highest BCUT2D eigenvalue weighted by Crippen LogP contribution is 2.08. The Labute approximate surface area is 77.6 Å². The molecule has 3 N–H and O–H groups in total. The van der Waals surface area contributed by atoms with E-state index in [2.05, 4.69) is 0 Å². The molecule has 74 valence electrons. The van der Waals surface area contributed by atoms with E-state index in [1.54, 1.807) is 0 Å². The average molecular weight is 202 g/mol. The van der Waals surface area contributed by atoms with Crippen LogP contribution in [0.15, 0.2) is 12.1 Å². The van der Waals surface area contributed by atoms with Crippen molar-refractivity contribution in [1.29, 1.82) is 0 Å². The molecule has 0 fully saturated rings. The number of aromatic carboxylic acids is 1. The van der Waals surface area contributed by atoms with E-state index >= 15 is 0 Å². The van der Waals surface area contributed by atoms with Crippen molar-refractivity contribution in [2.45, 2.75) is 0 Å². The number of carboxylic acids is 1. The lowest BCUT2D eigenvalue weighted by atomic mass is 9.79. The summed E-state index contributed by atoms with van der Waals surface area (Å²) in [5, 5.41) is 25.6. The predicted molar refractivity (Wildman–Crippen MR) is 43.1 cm³/mol. The van der Waals surface area contributed by atoms with Gasteiger partial charge in [-0.3, -0.25) is 0 Å². The van der Waals surface area contributed by atoms with E-state index < -0.39 is 35.7 Å². The van der Waals surface area contributed by atoms with Crippen LogP contribution in [0, 0.1) is 11.6 Å². The molecule has 0 radical (unpaired) electrons. The van der Waals surface area contributed by atoms with Gasteiger partial charge in [-0.25, -0.2) is 13.6 Å². The fourth-order valence-corrected chi connectivity index (χ4v) is 0.927. The molecule has 0 unspecified atom stereocenters. The highest BCUT2D eigenvalue weighted by Gasteiger charge is 2.21. The standard InChI is InChI=1S/C7H5BF2O4/c9-5-2-6(10)4(8(13)14)1-3(5)7(11)12/h1-2,13-14H,(H,11,12). The van der Waals surface area contributed by atoms with Gasteiger partial charge in [0.25, 0.3) is 0 Å². The molecule has 0 spiro atoms. The lowest BCUT2D eigenvalue weighted by Gasteiger charge is -2.04. The molecule has 14 heavy (non-hydrogen) atoms. The average Bonchev–Trinajstić information content (AvgIpc) is 2.02. The van der Waals surface area contributed by atoms with Gasteiger partial charge in [0.1, 0.15) is 11.6 Å². The van der Waals surface area contributed by atoms with Gasteiger partial charge in [-0.2, -0.15) is 0 Å². The fourth-order valence-electron chi connectivity index (χ4n) is 0.927. The third-order valence-corrected chi connectivity index (χ3v) is 1.59. The molecule has 0 saturated carbocycles. The quantitative estimate of drug-likeness (QED) is 0.556. The molecule has 0 saturated heterocycles. The van der Waals surface area contributed by atoms with Crippen LogP contribution in [0.4, 0.5) is 8.78 Å². The summed E-state index contributed by atoms with van der Waals surface area (Å²) in [4.78, 5) is 10.4. The Morgan fingerprint density at radius 3 is 2.21 bits per heavy atom. The normalized spacial score (nSPS) is 10.0. The summed E-state index contributed by atoms with van der Waals surface area (Å²) in [5.41, 5.74) is -1.49. The first-order valence-corrected chi connectivity index (χ1v) is 3.52. The Kier molecular flexibility index (Phi) is 2.83. The third-order valence-electron chi connectivity index (χ3n) is 1.59. The first-order chi connectivity index (χ1) is 6.43. The lowest BCUT2D eigenvalue weighted by molar-refractivity contribution is 0.0692. The van der Waals surface area contributed by atoms with Gasteiger partial charge < -0.3 is 15.2 Å². The number of benzene rings is 1. The van der Waals surface area contributed by atoms with Crippen LogP contribution in [-0.4, -0.2) is 28.2 Å². The molecular formula is C7H5BF2O4. The van der Waals surface area contributed by atoms with Crippen LogP contribution in [0.25, 0.3) is 0 Å². The number of rotatable bonds is 2. The number of hydrogen-bond acceptors (Lipinski definition) is 3. The van der Waals surface area contributed by atoms with Crippen LogP contribution in [0.3, 0.4) is 0 Å². The Hall–Kier alpha value is -1.47. The van der Waals surface area contributed by atoms with E-state index in [4.69, 9.17) is 15.2 Å². The summed E-state index contributed by atoms with van der Waals surface area (Å²) < 4.78 is 25.6. The zero-order chi connectivity index (χ0) is 10.9. The smallest absolute Gasteiger partial charge is 0.478 e. The summed E-state index contributed by atoms with van der Waals surface area (Å²) in [6.07, 6.45) is 0. The van der Waals surface area contributed by atoms with Crippen LogP contribution in [0.1, 0.15) is 10.4 Å². The number of hydrogen-bond donors (Lipinski definition) is 3. The van der Waals surface area contributed by atoms with Crippen molar-refractivity contribution in [1.82, 2.24) is 0 Å². The van der Waals surface area contributed by atoms with Crippen molar-refractivity contribution in [2.24, 2.45) is 0 Å². The van der Waals surface area contributed by atoms with Crippen molar-refractivity contribution in [3.63, 3.8) is 0 Å². The van der Waals surface area contributed by atoms with E-state index in [0.717, 1.165) is 0 Å². The van der Waals surface area contributed by atoms with Crippen molar-refractivity contribution in [3.05, 3.63) is 29.3 Å². The zero-order valence-corrected chi connectivity index (χ0v) is 6.74. The minimum atomic E-state index is -2.17. The summed E-state index contributed by atoms with van der Waals surface area (Å²) in [6, 6.07) is 0.829. The van der Waals surface area contributed by atoms with Crippen LogP contribution in [0.2, 0.25) is 0 Å². The molecule has 0 amide bonds. The molecule has 0 atom stereocenters. The molecule has 1 aromatic carbocycles. The van der Waals surface area contributed by atoms with Gasteiger partial charge in [0, 0.05) is 11.5 Å². The highest BCUT2D eigenvalue weighted by atomic mass is 19.1. The molecular weight excluding hydrogens is 197 g/mol. The maximum absolute atomic E-state index is 12.8. The number of carboxylic acid groups (broad SMARTS) is 1. The summed E-state index contributed by atoms with van der Waals surface area (Å²) in [6.45, 7) is 0. The molecule has 1 rings (SSSR count). The first-order valence-electron chi connectivity index (χ1n) is 3.52. The molecule has 7 heteroatoms. The molecule has 1 aromatic rings. The van der Waals surface area contributed by atoms with E-state index in [0.29, 0.717) is 6.07 Å². The van der Waals surface area contributed by atoms with Gasteiger partial charge in [0.15, 0.2) is 0 Å². The van der Waals surface area contributed by atoms with Crippen LogP contribution in [0.5, 0.6) is 0 Å². The first kappa shape index (κ1) is 10.6. The molecule has 4 nitrogen and oxygen atoms in total. The van der Waals surface area contributed by atoms with E-state index in [1.807, 2.05) is 0 Å². The second-order valence-corrected chi connectivity index (χ2v) is 2.53. The third kappa shape index (κ3) is 1.89. The van der Waals surface area contributed by atoms with Gasteiger partial charge in [-0.1, -0.05) is 0 Å². The molecule has 0 heterocycles. The predicted octanol–water partition coefficient (Wildman–Crippen LogP) is -0.657. The van der Waals surface area contributed by atoms with Gasteiger partial charge in [-0.05, 0) is 6.07 Å². The molecule has 0 aliphatic heterocycles. The molecule has 0 bridgehead atoms. The van der Waals surface area contributed by atoms with Gasteiger partial charge in [0.2, 0.25) is 0 Å². The fraction of sp³-hybridized carbons (Fsp3) is 0. The Balaban J connectivity index is 3.34. The molecule has 0 aliphatic rings. The van der Waals surface area contributed by atoms with E-state index in [9.17, 15) is 13.6 Å². The maximum Gasteiger partial charge on any atom is 0.491 e. The van der Waals surface area contributed by atoms with Gasteiger partial charge >= 0.3 is 13.1 Å². The second kappa shape index (κ2) is 3.73. The summed E-state index contributed by atoms with van der Waals surface area (Å²) in [5.74, 6) is -4.08. The van der Waals surface area contributed by atoms with Crippen molar-refractivity contribution >= 4 is 18.6 Å².